The van der Waals surface area contributed by atoms with Crippen LogP contribution >= 0.6 is 22.6 Å². The zero-order valence-electron chi connectivity index (χ0n) is 40.7. The van der Waals surface area contributed by atoms with E-state index in [2.05, 4.69) is 54.5 Å². The standard InChI is InChI=1S/C47H72IN7O16/c1-47(2,3)71-46(70)51-29-12-9-16-33(41(62)53-32(40(61)44(67)68)15-8-11-28-49-36(56)18-13-14-30-19-21-31(48)22-20-30)52-38(58)17-7-5-4-6-10-27-50-37(57)25-23-34(42(63)64)54-45(69)55-35(43(65)66)24-26-39(59)60/h19-22,32-35H,4-18,23-29H2,1-3H3,(H,49,56)(H,50,57)(H,51,70)(H,52,58)(H,53,62)(H,59,60)(H,63,64)(H,65,66)(H,67,68)(H2,54,55,69)/t32-,33-,34-,35-/m0/s1. The number of ether oxygens (including phenoxy) is 1. The maximum atomic E-state index is 13.6. The lowest BCUT2D eigenvalue weighted by molar-refractivity contribution is -0.150. The fourth-order valence-corrected chi connectivity index (χ4v) is 7.13. The number of hydrogen-bond donors (Lipinski definition) is 11. The zero-order chi connectivity index (χ0) is 53.4. The summed E-state index contributed by atoms with van der Waals surface area (Å²) >= 11 is 2.22. The highest BCUT2D eigenvalue weighted by atomic mass is 127. The number of carboxylic acids is 4. The maximum absolute atomic E-state index is 13.6. The molecule has 71 heavy (non-hydrogen) atoms. The van der Waals surface area contributed by atoms with Crippen LogP contribution in [0.25, 0.3) is 0 Å². The van der Waals surface area contributed by atoms with Gasteiger partial charge in [-0.3, -0.25) is 28.8 Å². The summed E-state index contributed by atoms with van der Waals surface area (Å²) in [5.74, 6) is -9.04. The summed E-state index contributed by atoms with van der Waals surface area (Å²) in [7, 11) is 0. The minimum atomic E-state index is -1.73. The number of hydrogen-bond acceptors (Lipinski definition) is 12. The molecule has 7 amide bonds. The molecule has 0 saturated heterocycles. The van der Waals surface area contributed by atoms with Crippen LogP contribution in [0.2, 0.25) is 0 Å². The van der Waals surface area contributed by atoms with Gasteiger partial charge in [0.15, 0.2) is 0 Å². The highest BCUT2D eigenvalue weighted by Crippen LogP contribution is 2.12. The Morgan fingerprint density at radius 3 is 1.56 bits per heavy atom. The number of carboxylic acid groups (broad SMARTS) is 4. The number of unbranched alkanes of at least 4 members (excludes halogenated alkanes) is 6. The van der Waals surface area contributed by atoms with Crippen molar-refractivity contribution in [2.45, 2.75) is 173 Å². The van der Waals surface area contributed by atoms with Gasteiger partial charge in [-0.2, -0.15) is 0 Å². The van der Waals surface area contributed by atoms with E-state index in [0.717, 1.165) is 15.6 Å². The summed E-state index contributed by atoms with van der Waals surface area (Å²) in [6, 6.07) is 1.26. The molecule has 4 atom stereocenters. The highest BCUT2D eigenvalue weighted by molar-refractivity contribution is 14.1. The lowest BCUT2D eigenvalue weighted by Gasteiger charge is -2.22. The van der Waals surface area contributed by atoms with Crippen LogP contribution in [0.5, 0.6) is 0 Å². The van der Waals surface area contributed by atoms with Crippen LogP contribution in [0.15, 0.2) is 24.3 Å². The number of Topliss-reactive ketones (excluding diaryl/α,β-unsaturated/α-hetero) is 1. The van der Waals surface area contributed by atoms with Gasteiger partial charge in [-0.1, -0.05) is 31.4 Å². The van der Waals surface area contributed by atoms with E-state index < -0.39 is 102 Å². The number of halogens is 1. The predicted molar refractivity (Wildman–Crippen MR) is 265 cm³/mol. The van der Waals surface area contributed by atoms with E-state index in [4.69, 9.17) is 9.84 Å². The van der Waals surface area contributed by atoms with Gasteiger partial charge in [0.05, 0.1) is 6.04 Å². The van der Waals surface area contributed by atoms with Crippen molar-refractivity contribution in [1.29, 1.82) is 0 Å². The third kappa shape index (κ3) is 31.7. The fraction of sp³-hybridized carbons (Fsp3) is 0.638. The van der Waals surface area contributed by atoms with Gasteiger partial charge < -0.3 is 62.4 Å². The highest BCUT2D eigenvalue weighted by Gasteiger charge is 2.30. The molecule has 0 aliphatic rings. The number of rotatable bonds is 37. The fourth-order valence-electron chi connectivity index (χ4n) is 6.77. The van der Waals surface area contributed by atoms with E-state index in [0.29, 0.717) is 77.2 Å². The number of aliphatic carboxylic acids is 4. The summed E-state index contributed by atoms with van der Waals surface area (Å²) in [6.45, 7) is 5.92. The quantitative estimate of drug-likeness (QED) is 0.0258. The van der Waals surface area contributed by atoms with Crippen molar-refractivity contribution in [2.75, 3.05) is 19.6 Å². The topological polar surface area (TPSA) is 362 Å². The van der Waals surface area contributed by atoms with Gasteiger partial charge in [-0.15, -0.1) is 0 Å². The average molecular weight is 1120 g/mol. The molecule has 1 aromatic carbocycles. The van der Waals surface area contributed by atoms with Gasteiger partial charge in [0.2, 0.25) is 23.6 Å². The van der Waals surface area contributed by atoms with Gasteiger partial charge in [0, 0.05) is 48.9 Å². The zero-order valence-corrected chi connectivity index (χ0v) is 42.9. The predicted octanol–water partition coefficient (Wildman–Crippen LogP) is 3.53. The molecule has 1 rings (SSSR count). The Hall–Kier alpha value is -6.08. The minimum absolute atomic E-state index is 0.0235. The number of carbonyl (C=O) groups is 11. The Morgan fingerprint density at radius 1 is 0.521 bits per heavy atom. The van der Waals surface area contributed by atoms with E-state index in [-0.39, 0.29) is 51.1 Å². The third-order valence-corrected chi connectivity index (χ3v) is 11.2. The first kappa shape index (κ1) is 62.9. The van der Waals surface area contributed by atoms with Crippen molar-refractivity contribution >= 4 is 88.0 Å². The normalized spacial score (nSPS) is 12.7. The Bertz CT molecular complexity index is 1930. The number of carbonyl (C=O) groups excluding carboxylic acids is 7. The molecule has 0 fully saturated rings. The number of benzene rings is 1. The second-order valence-electron chi connectivity index (χ2n) is 17.8. The number of amides is 7. The maximum Gasteiger partial charge on any atom is 0.407 e. The molecule has 0 bridgehead atoms. The second-order valence-corrected chi connectivity index (χ2v) is 19.1. The van der Waals surface area contributed by atoms with Crippen LogP contribution in [0.3, 0.4) is 0 Å². The number of nitrogens with one attached hydrogen (secondary N) is 7. The van der Waals surface area contributed by atoms with E-state index in [1.54, 1.807) is 20.8 Å². The van der Waals surface area contributed by atoms with Crippen molar-refractivity contribution in [3.63, 3.8) is 0 Å². The van der Waals surface area contributed by atoms with Crippen molar-refractivity contribution in [3.8, 4) is 0 Å². The van der Waals surface area contributed by atoms with Crippen LogP contribution in [-0.4, -0.2) is 135 Å². The second kappa shape index (κ2) is 35.1. The van der Waals surface area contributed by atoms with Crippen LogP contribution in [0, 0.1) is 3.57 Å². The van der Waals surface area contributed by atoms with Crippen LogP contribution in [0.4, 0.5) is 9.59 Å². The molecule has 0 saturated carbocycles. The summed E-state index contributed by atoms with van der Waals surface area (Å²) in [6.07, 6.45) is 4.12. The first-order valence-corrected chi connectivity index (χ1v) is 24.9. The molecule has 0 aliphatic heterocycles. The molecule has 0 spiro atoms. The van der Waals surface area contributed by atoms with Crippen molar-refractivity contribution in [3.05, 3.63) is 33.4 Å². The van der Waals surface area contributed by atoms with Crippen molar-refractivity contribution in [2.24, 2.45) is 0 Å². The molecule has 0 unspecified atom stereocenters. The summed E-state index contributed by atoms with van der Waals surface area (Å²) < 4.78 is 6.35. The SMILES string of the molecule is CC(C)(C)OC(=O)NCCCC[C@H](NC(=O)CCCCCCCNC(=O)CC[C@H](NC(=O)N[C@@H](CCC(=O)O)C(=O)O)C(=O)O)C(=O)N[C@@H](CCCCNC(=O)CCCc1ccc(I)cc1)C(=O)C(=O)O. The first-order valence-electron chi connectivity index (χ1n) is 23.8. The van der Waals surface area contributed by atoms with Crippen LogP contribution < -0.4 is 37.2 Å². The lowest BCUT2D eigenvalue weighted by Crippen LogP contribution is -2.52. The van der Waals surface area contributed by atoms with Crippen LogP contribution in [-0.2, 0) is 54.3 Å². The minimum Gasteiger partial charge on any atom is -0.481 e. The number of alkyl carbamates (subject to hydrolysis) is 1. The monoisotopic (exact) mass is 1120 g/mol. The molecule has 0 aliphatic carbocycles. The van der Waals surface area contributed by atoms with Gasteiger partial charge in [-0.25, -0.2) is 24.0 Å². The molecule has 0 aromatic heterocycles. The van der Waals surface area contributed by atoms with Gasteiger partial charge >= 0.3 is 36.0 Å². The Kier molecular flexibility index (Phi) is 31.1. The lowest BCUT2D eigenvalue weighted by atomic mass is 10.0. The van der Waals surface area contributed by atoms with E-state index in [1.165, 1.54) is 0 Å². The number of urea groups is 1. The average Bonchev–Trinajstić information content (AvgIpc) is 3.28. The Morgan fingerprint density at radius 2 is 1.01 bits per heavy atom. The third-order valence-electron chi connectivity index (χ3n) is 10.5. The molecule has 11 N–H and O–H groups in total. The summed E-state index contributed by atoms with van der Waals surface area (Å²) in [5.41, 5.74) is 0.425. The molecule has 24 heteroatoms. The molecule has 398 valence electrons. The van der Waals surface area contributed by atoms with Crippen molar-refractivity contribution in [1.82, 2.24) is 37.2 Å². The smallest absolute Gasteiger partial charge is 0.407 e. The Labute approximate surface area is 427 Å². The summed E-state index contributed by atoms with van der Waals surface area (Å²) in [4.78, 5) is 134. The molecule has 0 radical (unpaired) electrons. The van der Waals surface area contributed by atoms with Gasteiger partial charge in [-0.05, 0) is 138 Å². The molecule has 0 heterocycles. The molecule has 23 nitrogen and oxygen atoms in total. The van der Waals surface area contributed by atoms with Crippen LogP contribution in [0.1, 0.15) is 142 Å². The number of aryl methyl sites for hydroxylation is 1. The van der Waals surface area contributed by atoms with Gasteiger partial charge in [0.1, 0.15) is 23.7 Å². The van der Waals surface area contributed by atoms with Gasteiger partial charge in [0.25, 0.3) is 5.78 Å². The van der Waals surface area contributed by atoms with E-state index >= 15 is 0 Å². The summed E-state index contributed by atoms with van der Waals surface area (Å²) in [5, 5.41) is 54.3. The van der Waals surface area contributed by atoms with E-state index in [9.17, 15) is 68.1 Å². The molecular weight excluding hydrogens is 1050 g/mol. The Balaban J connectivity index is 2.63. The first-order chi connectivity index (χ1) is 33.5. The molecular formula is C47H72IN7O16. The largest absolute Gasteiger partial charge is 0.481 e. The van der Waals surface area contributed by atoms with E-state index in [1.807, 2.05) is 29.6 Å². The number of ketones is 1. The molecule has 1 aromatic rings. The van der Waals surface area contributed by atoms with Crippen molar-refractivity contribution < 1.29 is 77.9 Å².